The number of quaternary nitrogens is 1. The molecule has 1 saturated heterocycles. The topological polar surface area (TPSA) is 13.7 Å². The maximum Gasteiger partial charge on any atom is 0.122 e. The van der Waals surface area contributed by atoms with Crippen molar-refractivity contribution < 1.29 is 9.64 Å². The minimum atomic E-state index is 1.01. The number of nitrogens with one attached hydrogen (secondary N) is 1. The molecule has 0 amide bonds. The van der Waals surface area contributed by atoms with E-state index in [0.717, 1.165) is 5.75 Å². The lowest BCUT2D eigenvalue weighted by atomic mass is 10.0. The monoisotopic (exact) mass is 234 g/mol. The molecule has 0 unspecified atom stereocenters. The number of methoxy groups -OCH3 is 1. The molecule has 1 aliphatic rings. The highest BCUT2D eigenvalue weighted by molar-refractivity contribution is 5.41. The van der Waals surface area contributed by atoms with Gasteiger partial charge in [-0.1, -0.05) is 0 Å². The summed E-state index contributed by atoms with van der Waals surface area (Å²) in [4.78, 5) is 1.74. The van der Waals surface area contributed by atoms with E-state index in [0.29, 0.717) is 0 Å². The van der Waals surface area contributed by atoms with E-state index in [2.05, 4.69) is 26.0 Å². The molecule has 1 N–H and O–H groups in total. The van der Waals surface area contributed by atoms with Gasteiger partial charge in [-0.05, 0) is 56.4 Å². The van der Waals surface area contributed by atoms with E-state index >= 15 is 0 Å². The molecule has 2 nitrogen and oxygen atoms in total. The van der Waals surface area contributed by atoms with Crippen molar-refractivity contribution in [3.05, 3.63) is 28.8 Å². The lowest BCUT2D eigenvalue weighted by Gasteiger charge is -2.24. The smallest absolute Gasteiger partial charge is 0.122 e. The molecule has 1 aromatic rings. The first-order valence-corrected chi connectivity index (χ1v) is 6.68. The van der Waals surface area contributed by atoms with Crippen LogP contribution in [-0.4, -0.2) is 20.2 Å². The fraction of sp³-hybridized carbons (Fsp3) is 0.600. The third-order valence-corrected chi connectivity index (χ3v) is 3.85. The maximum atomic E-state index is 5.36. The third kappa shape index (κ3) is 3.01. The fourth-order valence-electron chi connectivity index (χ4n) is 2.76. The minimum absolute atomic E-state index is 1.01. The SMILES string of the molecule is COc1cc(C)c(C[NH+]2CCCCC2)cc1C. The number of hydrogen-bond donors (Lipinski definition) is 1. The standard InChI is InChI=1S/C15H23NO/c1-12-10-15(17-3)13(2)9-14(12)11-16-7-5-4-6-8-16/h9-10H,4-8,11H2,1-3H3/p+1. The zero-order valence-electron chi connectivity index (χ0n) is 11.3. The van der Waals surface area contributed by atoms with Crippen LogP contribution >= 0.6 is 0 Å². The van der Waals surface area contributed by atoms with Crippen LogP contribution in [0.25, 0.3) is 0 Å². The van der Waals surface area contributed by atoms with Crippen LogP contribution < -0.4 is 9.64 Å². The van der Waals surface area contributed by atoms with Gasteiger partial charge in [0, 0.05) is 5.56 Å². The van der Waals surface area contributed by atoms with Crippen molar-refractivity contribution in [2.75, 3.05) is 20.2 Å². The summed E-state index contributed by atoms with van der Waals surface area (Å²) < 4.78 is 5.36. The molecule has 1 fully saturated rings. The van der Waals surface area contributed by atoms with Gasteiger partial charge >= 0.3 is 0 Å². The van der Waals surface area contributed by atoms with E-state index in [9.17, 15) is 0 Å². The predicted octanol–water partition coefficient (Wildman–Crippen LogP) is 1.88. The molecule has 2 heteroatoms. The van der Waals surface area contributed by atoms with Crippen LogP contribution in [0.1, 0.15) is 36.0 Å². The van der Waals surface area contributed by atoms with E-state index in [-0.39, 0.29) is 0 Å². The zero-order chi connectivity index (χ0) is 12.3. The van der Waals surface area contributed by atoms with Crippen LogP contribution in [0.5, 0.6) is 5.75 Å². The van der Waals surface area contributed by atoms with E-state index in [1.165, 1.54) is 55.6 Å². The summed E-state index contributed by atoms with van der Waals surface area (Å²) >= 11 is 0. The maximum absolute atomic E-state index is 5.36. The lowest BCUT2D eigenvalue weighted by Crippen LogP contribution is -3.11. The predicted molar refractivity (Wildman–Crippen MR) is 70.7 cm³/mol. The first-order chi connectivity index (χ1) is 8.20. The van der Waals surface area contributed by atoms with Crippen LogP contribution in [0.3, 0.4) is 0 Å². The Morgan fingerprint density at radius 1 is 1.06 bits per heavy atom. The summed E-state index contributed by atoms with van der Waals surface area (Å²) in [5, 5.41) is 0. The lowest BCUT2D eigenvalue weighted by molar-refractivity contribution is -0.918. The van der Waals surface area contributed by atoms with Crippen LogP contribution in [0.15, 0.2) is 12.1 Å². The Morgan fingerprint density at radius 2 is 1.76 bits per heavy atom. The molecule has 0 aromatic heterocycles. The summed E-state index contributed by atoms with van der Waals surface area (Å²) in [6, 6.07) is 4.48. The number of benzene rings is 1. The van der Waals surface area contributed by atoms with Crippen molar-refractivity contribution in [1.82, 2.24) is 0 Å². The van der Waals surface area contributed by atoms with Gasteiger partial charge in [0.15, 0.2) is 0 Å². The van der Waals surface area contributed by atoms with Gasteiger partial charge in [0.2, 0.25) is 0 Å². The average Bonchev–Trinajstić information content (AvgIpc) is 2.34. The number of piperidine rings is 1. The number of hydrogen-bond acceptors (Lipinski definition) is 1. The second-order valence-electron chi connectivity index (χ2n) is 5.24. The van der Waals surface area contributed by atoms with Crippen LogP contribution in [0.2, 0.25) is 0 Å². The molecule has 1 aliphatic heterocycles. The van der Waals surface area contributed by atoms with Gasteiger partial charge in [-0.2, -0.15) is 0 Å². The van der Waals surface area contributed by atoms with Crippen LogP contribution in [-0.2, 0) is 6.54 Å². The normalized spacial score (nSPS) is 17.1. The molecule has 0 saturated carbocycles. The number of ether oxygens (including phenoxy) is 1. The highest BCUT2D eigenvalue weighted by Crippen LogP contribution is 2.22. The molecule has 94 valence electrons. The Hall–Kier alpha value is -1.02. The van der Waals surface area contributed by atoms with Gasteiger partial charge < -0.3 is 9.64 Å². The Balaban J connectivity index is 2.12. The van der Waals surface area contributed by atoms with E-state index in [1.807, 2.05) is 0 Å². The summed E-state index contributed by atoms with van der Waals surface area (Å²) in [6.07, 6.45) is 4.21. The van der Waals surface area contributed by atoms with Crippen LogP contribution in [0.4, 0.5) is 0 Å². The van der Waals surface area contributed by atoms with Gasteiger partial charge in [0.05, 0.1) is 20.2 Å². The second-order valence-corrected chi connectivity index (χ2v) is 5.24. The largest absolute Gasteiger partial charge is 0.496 e. The summed E-state index contributed by atoms with van der Waals surface area (Å²) in [5.74, 6) is 1.01. The highest BCUT2D eigenvalue weighted by Gasteiger charge is 2.15. The zero-order valence-corrected chi connectivity index (χ0v) is 11.3. The Labute approximate surface area is 105 Å². The van der Waals surface area contributed by atoms with Crippen molar-refractivity contribution in [1.29, 1.82) is 0 Å². The Kier molecular flexibility index (Phi) is 4.06. The van der Waals surface area contributed by atoms with E-state index < -0.39 is 0 Å². The van der Waals surface area contributed by atoms with Crippen molar-refractivity contribution in [2.24, 2.45) is 0 Å². The van der Waals surface area contributed by atoms with Crippen LogP contribution in [0, 0.1) is 13.8 Å². The van der Waals surface area contributed by atoms with Gasteiger partial charge in [-0.25, -0.2) is 0 Å². The quantitative estimate of drug-likeness (QED) is 0.843. The van der Waals surface area contributed by atoms with Gasteiger partial charge in [-0.15, -0.1) is 0 Å². The van der Waals surface area contributed by atoms with Gasteiger partial charge in [-0.3, -0.25) is 0 Å². The Morgan fingerprint density at radius 3 is 2.41 bits per heavy atom. The molecule has 0 radical (unpaired) electrons. The molecule has 0 bridgehead atoms. The molecule has 2 rings (SSSR count). The summed E-state index contributed by atoms with van der Waals surface area (Å²) in [5.41, 5.74) is 4.11. The summed E-state index contributed by atoms with van der Waals surface area (Å²) in [6.45, 7) is 8.18. The second kappa shape index (κ2) is 5.54. The number of rotatable bonds is 3. The molecular weight excluding hydrogens is 210 g/mol. The molecule has 0 aliphatic carbocycles. The molecule has 1 aromatic carbocycles. The fourth-order valence-corrected chi connectivity index (χ4v) is 2.76. The van der Waals surface area contributed by atoms with E-state index in [4.69, 9.17) is 4.74 Å². The van der Waals surface area contributed by atoms with Crippen molar-refractivity contribution in [2.45, 2.75) is 39.7 Å². The highest BCUT2D eigenvalue weighted by atomic mass is 16.5. The molecule has 1 heterocycles. The van der Waals surface area contributed by atoms with Crippen molar-refractivity contribution in [3.8, 4) is 5.75 Å². The van der Waals surface area contributed by atoms with Gasteiger partial charge in [0.1, 0.15) is 12.3 Å². The molecule has 17 heavy (non-hydrogen) atoms. The Bertz CT molecular complexity index is 381. The molecule has 0 spiro atoms. The van der Waals surface area contributed by atoms with E-state index in [1.54, 1.807) is 12.0 Å². The van der Waals surface area contributed by atoms with Crippen molar-refractivity contribution >= 4 is 0 Å². The van der Waals surface area contributed by atoms with Gasteiger partial charge in [0.25, 0.3) is 0 Å². The minimum Gasteiger partial charge on any atom is -0.496 e. The third-order valence-electron chi connectivity index (χ3n) is 3.85. The summed E-state index contributed by atoms with van der Waals surface area (Å²) in [7, 11) is 1.75. The number of likely N-dealkylation sites (tertiary alicyclic amines) is 1. The number of aryl methyl sites for hydroxylation is 2. The van der Waals surface area contributed by atoms with Crippen molar-refractivity contribution in [3.63, 3.8) is 0 Å². The molecular formula is C15H24NO+. The first kappa shape index (κ1) is 12.4. The first-order valence-electron chi connectivity index (χ1n) is 6.68. The molecule has 0 atom stereocenters. The average molecular weight is 234 g/mol.